The maximum absolute atomic E-state index is 12.8. The molecule has 1 aromatic carbocycles. The first-order valence-electron chi connectivity index (χ1n) is 7.85. The fourth-order valence-electron chi connectivity index (χ4n) is 2.80. The van der Waals surface area contributed by atoms with E-state index < -0.39 is 0 Å². The smallest absolute Gasteiger partial charge is 0.189 e. The van der Waals surface area contributed by atoms with E-state index in [-0.39, 0.29) is 5.82 Å². The van der Waals surface area contributed by atoms with Gasteiger partial charge < -0.3 is 10.6 Å². The van der Waals surface area contributed by atoms with Crippen molar-refractivity contribution in [3.8, 4) is 0 Å². The van der Waals surface area contributed by atoms with Crippen LogP contribution in [0, 0.1) is 17.7 Å². The number of hydrogen-bond acceptors (Lipinski definition) is 2. The van der Waals surface area contributed by atoms with E-state index in [0.29, 0.717) is 33.8 Å². The summed E-state index contributed by atoms with van der Waals surface area (Å²) in [7, 11) is 0. The fraction of sp³-hybridized carbons (Fsp3) is 0.500. The zero-order valence-corrected chi connectivity index (χ0v) is 15.0. The Morgan fingerprint density at radius 2 is 1.70 bits per heavy atom. The van der Waals surface area contributed by atoms with Crippen LogP contribution in [0.15, 0.2) is 24.3 Å². The molecule has 1 aliphatic carbocycles. The van der Waals surface area contributed by atoms with Gasteiger partial charge in [0.2, 0.25) is 0 Å². The van der Waals surface area contributed by atoms with E-state index in [9.17, 15) is 4.39 Å². The van der Waals surface area contributed by atoms with Gasteiger partial charge in [-0.3, -0.25) is 10.9 Å². The third-order valence-corrected chi connectivity index (χ3v) is 4.84. The van der Waals surface area contributed by atoms with Gasteiger partial charge in [-0.15, -0.1) is 0 Å². The van der Waals surface area contributed by atoms with Crippen molar-refractivity contribution < 1.29 is 4.39 Å². The zero-order chi connectivity index (χ0) is 16.8. The minimum absolute atomic E-state index is 0.284. The largest absolute Gasteiger partial charge is 0.358 e. The summed E-state index contributed by atoms with van der Waals surface area (Å²) in [6.45, 7) is 4.55. The lowest BCUT2D eigenvalue weighted by molar-refractivity contribution is 0.224. The Labute approximate surface area is 147 Å². The summed E-state index contributed by atoms with van der Waals surface area (Å²) in [6, 6.07) is 6.36. The average molecular weight is 355 g/mol. The number of halogens is 1. The van der Waals surface area contributed by atoms with E-state index in [1.165, 1.54) is 25.0 Å². The minimum atomic E-state index is -0.284. The number of thiocarbonyl (C=S) groups is 2. The van der Waals surface area contributed by atoms with Crippen LogP contribution in [0.4, 0.5) is 10.1 Å². The normalized spacial score (nSPS) is 23.7. The Bertz CT molecular complexity index is 550. The van der Waals surface area contributed by atoms with E-state index in [1.807, 2.05) is 0 Å². The molecule has 0 heterocycles. The summed E-state index contributed by atoms with van der Waals surface area (Å²) in [6.07, 6.45) is 3.64. The lowest BCUT2D eigenvalue weighted by Gasteiger charge is -2.35. The van der Waals surface area contributed by atoms with Crippen molar-refractivity contribution >= 4 is 40.3 Å². The molecule has 1 saturated carbocycles. The quantitative estimate of drug-likeness (QED) is 0.483. The minimum Gasteiger partial charge on any atom is -0.358 e. The van der Waals surface area contributed by atoms with E-state index in [1.54, 1.807) is 12.1 Å². The second-order valence-electron chi connectivity index (χ2n) is 6.06. The molecule has 4 nitrogen and oxygen atoms in total. The molecule has 1 fully saturated rings. The first-order valence-corrected chi connectivity index (χ1v) is 8.66. The molecule has 0 unspecified atom stereocenters. The SMILES string of the molecule is C[C@@H]1[C@H](C)CCC[C@@H]1NC(=S)NNC(=S)Nc1ccc(F)cc1. The Balaban J connectivity index is 1.73. The number of hydrogen-bond donors (Lipinski definition) is 4. The van der Waals surface area contributed by atoms with Gasteiger partial charge in [0.25, 0.3) is 0 Å². The summed E-state index contributed by atoms with van der Waals surface area (Å²) in [5, 5.41) is 7.19. The number of anilines is 1. The fourth-order valence-corrected chi connectivity index (χ4v) is 3.17. The summed E-state index contributed by atoms with van der Waals surface area (Å²) in [5.74, 6) is 1.01. The third kappa shape index (κ3) is 5.58. The summed E-state index contributed by atoms with van der Waals surface area (Å²) < 4.78 is 12.8. The summed E-state index contributed by atoms with van der Waals surface area (Å²) in [4.78, 5) is 0. The molecule has 4 N–H and O–H groups in total. The predicted molar refractivity (Wildman–Crippen MR) is 101 cm³/mol. The second-order valence-corrected chi connectivity index (χ2v) is 6.87. The molecule has 23 heavy (non-hydrogen) atoms. The highest BCUT2D eigenvalue weighted by Crippen LogP contribution is 2.29. The van der Waals surface area contributed by atoms with Crippen molar-refractivity contribution in [2.75, 3.05) is 5.32 Å². The predicted octanol–water partition coefficient (Wildman–Crippen LogP) is 3.32. The molecule has 0 spiro atoms. The Morgan fingerprint density at radius 1 is 1.04 bits per heavy atom. The summed E-state index contributed by atoms with van der Waals surface area (Å²) >= 11 is 10.5. The number of hydrazine groups is 1. The highest BCUT2D eigenvalue weighted by atomic mass is 32.1. The Morgan fingerprint density at radius 3 is 2.39 bits per heavy atom. The topological polar surface area (TPSA) is 48.1 Å². The van der Waals surface area contributed by atoms with Gasteiger partial charge in [-0.1, -0.05) is 26.7 Å². The monoisotopic (exact) mass is 354 g/mol. The molecular formula is C16H23FN4S2. The van der Waals surface area contributed by atoms with Crippen molar-refractivity contribution in [1.29, 1.82) is 0 Å². The Hall–Kier alpha value is -1.47. The van der Waals surface area contributed by atoms with Crippen molar-refractivity contribution in [2.45, 2.75) is 39.2 Å². The molecule has 0 amide bonds. The molecule has 1 aliphatic rings. The summed E-state index contributed by atoms with van der Waals surface area (Å²) in [5.41, 5.74) is 6.43. The van der Waals surface area contributed by atoms with Gasteiger partial charge in [-0.05, 0) is 67.0 Å². The van der Waals surface area contributed by atoms with Crippen LogP contribution in [-0.2, 0) is 0 Å². The number of benzene rings is 1. The highest BCUT2D eigenvalue weighted by molar-refractivity contribution is 7.80. The molecule has 0 saturated heterocycles. The van der Waals surface area contributed by atoms with E-state index in [0.717, 1.165) is 6.42 Å². The molecule has 2 rings (SSSR count). The second kappa shape index (κ2) is 8.40. The first kappa shape index (κ1) is 17.9. The molecule has 0 aromatic heterocycles. The molecule has 1 aromatic rings. The van der Waals surface area contributed by atoms with Crippen molar-refractivity contribution in [3.63, 3.8) is 0 Å². The number of rotatable bonds is 2. The molecule has 0 aliphatic heterocycles. The lowest BCUT2D eigenvalue weighted by Crippen LogP contribution is -2.53. The van der Waals surface area contributed by atoms with E-state index in [2.05, 4.69) is 35.3 Å². The van der Waals surface area contributed by atoms with Crippen LogP contribution in [0.25, 0.3) is 0 Å². The highest BCUT2D eigenvalue weighted by Gasteiger charge is 2.27. The Kier molecular flexibility index (Phi) is 6.53. The van der Waals surface area contributed by atoms with Crippen LogP contribution in [0.2, 0.25) is 0 Å². The van der Waals surface area contributed by atoms with Crippen LogP contribution in [-0.4, -0.2) is 16.3 Å². The van der Waals surface area contributed by atoms with Crippen molar-refractivity contribution in [1.82, 2.24) is 16.2 Å². The standard InChI is InChI=1S/C16H23FN4S2/c1-10-4-3-5-14(11(10)2)19-16(23)21-20-15(22)18-13-8-6-12(17)7-9-13/h6-11,14H,3-5H2,1-2H3,(H2,18,20,22)(H2,19,21,23)/t10-,11-,14+/m1/s1. The first-order chi connectivity index (χ1) is 11.0. The number of nitrogens with one attached hydrogen (secondary N) is 4. The molecule has 7 heteroatoms. The maximum Gasteiger partial charge on any atom is 0.189 e. The molecule has 0 bridgehead atoms. The third-order valence-electron chi connectivity index (χ3n) is 4.41. The van der Waals surface area contributed by atoms with Gasteiger partial charge in [-0.25, -0.2) is 4.39 Å². The van der Waals surface area contributed by atoms with Gasteiger partial charge in [0.1, 0.15) is 5.82 Å². The maximum atomic E-state index is 12.8. The average Bonchev–Trinajstić information content (AvgIpc) is 2.52. The van der Waals surface area contributed by atoms with Crippen LogP contribution < -0.4 is 21.5 Å². The van der Waals surface area contributed by atoms with Gasteiger partial charge >= 0.3 is 0 Å². The van der Waals surface area contributed by atoms with Crippen molar-refractivity contribution in [3.05, 3.63) is 30.1 Å². The van der Waals surface area contributed by atoms with Crippen molar-refractivity contribution in [2.24, 2.45) is 11.8 Å². The molecular weight excluding hydrogens is 331 g/mol. The van der Waals surface area contributed by atoms with Crippen LogP contribution >= 0.6 is 24.4 Å². The van der Waals surface area contributed by atoms with E-state index in [4.69, 9.17) is 24.4 Å². The zero-order valence-electron chi connectivity index (χ0n) is 13.4. The lowest BCUT2D eigenvalue weighted by atomic mass is 9.78. The van der Waals surface area contributed by atoms with Crippen LogP contribution in [0.3, 0.4) is 0 Å². The molecule has 3 atom stereocenters. The molecule has 0 radical (unpaired) electrons. The molecule has 126 valence electrons. The van der Waals surface area contributed by atoms with E-state index >= 15 is 0 Å². The van der Waals surface area contributed by atoms with Gasteiger partial charge in [0, 0.05) is 11.7 Å². The van der Waals surface area contributed by atoms with Gasteiger partial charge in [0.15, 0.2) is 10.2 Å². The van der Waals surface area contributed by atoms with Crippen LogP contribution in [0.1, 0.15) is 33.1 Å². The van der Waals surface area contributed by atoms with Crippen LogP contribution in [0.5, 0.6) is 0 Å². The van der Waals surface area contributed by atoms with Gasteiger partial charge in [0.05, 0.1) is 0 Å². The van der Waals surface area contributed by atoms with Gasteiger partial charge in [-0.2, -0.15) is 0 Å².